The van der Waals surface area contributed by atoms with Crippen molar-refractivity contribution in [3.8, 4) is 0 Å². The second-order valence-corrected chi connectivity index (χ2v) is 7.46. The van der Waals surface area contributed by atoms with Gasteiger partial charge in [0.2, 0.25) is 10.0 Å². The van der Waals surface area contributed by atoms with Crippen LogP contribution in [-0.4, -0.2) is 25.8 Å². The van der Waals surface area contributed by atoms with Crippen LogP contribution >= 0.6 is 0 Å². The Kier molecular flexibility index (Phi) is 4.16. The molecule has 4 nitrogen and oxygen atoms in total. The van der Waals surface area contributed by atoms with Gasteiger partial charge in [-0.25, -0.2) is 8.42 Å². The molecule has 1 heterocycles. The predicted molar refractivity (Wildman–Crippen MR) is 77.4 cm³/mol. The Morgan fingerprint density at radius 1 is 1.21 bits per heavy atom. The molecule has 2 rings (SSSR count). The van der Waals surface area contributed by atoms with E-state index in [1.807, 2.05) is 6.92 Å². The molecule has 0 aliphatic carbocycles. The lowest BCUT2D eigenvalue weighted by atomic mass is 10.0. The largest absolute Gasteiger partial charge is 0.399 e. The first-order valence-corrected chi connectivity index (χ1v) is 8.21. The van der Waals surface area contributed by atoms with Crippen LogP contribution in [0.15, 0.2) is 23.1 Å². The zero-order valence-electron chi connectivity index (χ0n) is 11.6. The zero-order valence-corrected chi connectivity index (χ0v) is 12.4. The Labute approximate surface area is 115 Å². The van der Waals surface area contributed by atoms with Crippen LogP contribution in [0.4, 0.5) is 5.69 Å². The summed E-state index contributed by atoms with van der Waals surface area (Å²) in [6, 6.07) is 5.03. The number of sulfonamides is 1. The van der Waals surface area contributed by atoms with Crippen LogP contribution in [0.5, 0.6) is 0 Å². The smallest absolute Gasteiger partial charge is 0.243 e. The summed E-state index contributed by atoms with van der Waals surface area (Å²) in [7, 11) is -3.40. The number of rotatable bonds is 2. The Hall–Kier alpha value is -1.07. The average Bonchev–Trinajstić information content (AvgIpc) is 2.53. The zero-order chi connectivity index (χ0) is 14.0. The van der Waals surface area contributed by atoms with E-state index in [9.17, 15) is 8.42 Å². The molecule has 2 N–H and O–H groups in total. The molecule has 1 aromatic carbocycles. The summed E-state index contributed by atoms with van der Waals surface area (Å²) in [5.74, 6) is 0.600. The number of hydrogen-bond acceptors (Lipinski definition) is 3. The average molecular weight is 282 g/mol. The van der Waals surface area contributed by atoms with Gasteiger partial charge < -0.3 is 5.73 Å². The molecule has 1 saturated heterocycles. The highest BCUT2D eigenvalue weighted by Gasteiger charge is 2.26. The minimum atomic E-state index is -3.40. The van der Waals surface area contributed by atoms with Crippen LogP contribution in [0.3, 0.4) is 0 Å². The third kappa shape index (κ3) is 3.28. The van der Waals surface area contributed by atoms with E-state index in [2.05, 4.69) is 6.92 Å². The third-order valence-corrected chi connectivity index (χ3v) is 5.56. The maximum Gasteiger partial charge on any atom is 0.243 e. The van der Waals surface area contributed by atoms with Gasteiger partial charge in [0.05, 0.1) is 4.90 Å². The summed E-state index contributed by atoms with van der Waals surface area (Å²) >= 11 is 0. The molecule has 1 aliphatic heterocycles. The van der Waals surface area contributed by atoms with Crippen molar-refractivity contribution in [2.45, 2.75) is 38.0 Å². The maximum atomic E-state index is 12.6. The fourth-order valence-electron chi connectivity index (χ4n) is 2.55. The SMILES string of the molecule is Cc1cc(N)cc(S(=O)(=O)N2CCCC(C)CC2)c1. The highest BCUT2D eigenvalue weighted by molar-refractivity contribution is 7.89. The topological polar surface area (TPSA) is 63.4 Å². The van der Waals surface area contributed by atoms with E-state index in [4.69, 9.17) is 5.73 Å². The van der Waals surface area contributed by atoms with Crippen molar-refractivity contribution in [2.75, 3.05) is 18.8 Å². The number of hydrogen-bond donors (Lipinski definition) is 1. The molecule has 106 valence electrons. The van der Waals surface area contributed by atoms with Crippen molar-refractivity contribution in [2.24, 2.45) is 5.92 Å². The van der Waals surface area contributed by atoms with Crippen LogP contribution in [0.1, 0.15) is 31.7 Å². The summed E-state index contributed by atoms with van der Waals surface area (Å²) in [5, 5.41) is 0. The van der Waals surface area contributed by atoms with Crippen LogP contribution in [-0.2, 0) is 10.0 Å². The molecule has 0 bridgehead atoms. The molecule has 0 saturated carbocycles. The second-order valence-electron chi connectivity index (χ2n) is 5.52. The normalized spacial score (nSPS) is 22.1. The first-order chi connectivity index (χ1) is 8.89. The van der Waals surface area contributed by atoms with Gasteiger partial charge in [0.15, 0.2) is 0 Å². The molecule has 0 spiro atoms. The van der Waals surface area contributed by atoms with E-state index < -0.39 is 10.0 Å². The van der Waals surface area contributed by atoms with E-state index in [0.717, 1.165) is 24.8 Å². The van der Waals surface area contributed by atoms with Gasteiger partial charge in [-0.2, -0.15) is 4.31 Å². The Morgan fingerprint density at radius 2 is 1.95 bits per heavy atom. The molecule has 1 unspecified atom stereocenters. The number of aryl methyl sites for hydroxylation is 1. The van der Waals surface area contributed by atoms with E-state index in [-0.39, 0.29) is 0 Å². The lowest BCUT2D eigenvalue weighted by molar-refractivity contribution is 0.417. The molecule has 5 heteroatoms. The summed E-state index contributed by atoms with van der Waals surface area (Å²) in [5.41, 5.74) is 7.13. The fourth-order valence-corrected chi connectivity index (χ4v) is 4.18. The second kappa shape index (κ2) is 5.51. The van der Waals surface area contributed by atoms with Gasteiger partial charge in [0, 0.05) is 18.8 Å². The molecule has 19 heavy (non-hydrogen) atoms. The summed E-state index contributed by atoms with van der Waals surface area (Å²) in [6.45, 7) is 5.26. The molecule has 0 radical (unpaired) electrons. The maximum absolute atomic E-state index is 12.6. The van der Waals surface area contributed by atoms with Gasteiger partial charge >= 0.3 is 0 Å². The first-order valence-electron chi connectivity index (χ1n) is 6.77. The molecule has 1 aromatic rings. The van der Waals surface area contributed by atoms with Crippen molar-refractivity contribution >= 4 is 15.7 Å². The van der Waals surface area contributed by atoms with Crippen molar-refractivity contribution < 1.29 is 8.42 Å². The molecular formula is C14H22N2O2S. The standard InChI is InChI=1S/C14H22N2O2S/c1-11-4-3-6-16(7-5-11)19(17,18)14-9-12(2)8-13(15)10-14/h8-11H,3-7,15H2,1-2H3. The molecular weight excluding hydrogens is 260 g/mol. The van der Waals surface area contributed by atoms with Crippen molar-refractivity contribution in [1.82, 2.24) is 4.31 Å². The molecule has 1 fully saturated rings. The quantitative estimate of drug-likeness (QED) is 0.847. The van der Waals surface area contributed by atoms with Crippen molar-refractivity contribution in [3.63, 3.8) is 0 Å². The Balaban J connectivity index is 2.30. The van der Waals surface area contributed by atoms with Gasteiger partial charge in [-0.3, -0.25) is 0 Å². The minimum Gasteiger partial charge on any atom is -0.399 e. The van der Waals surface area contributed by atoms with Crippen LogP contribution in [0, 0.1) is 12.8 Å². The lowest BCUT2D eigenvalue weighted by Crippen LogP contribution is -2.32. The molecule has 1 atom stereocenters. The van der Waals surface area contributed by atoms with Crippen LogP contribution in [0.25, 0.3) is 0 Å². The van der Waals surface area contributed by atoms with E-state index in [1.54, 1.807) is 22.5 Å². The highest BCUT2D eigenvalue weighted by atomic mass is 32.2. The Bertz CT molecular complexity index is 534. The first kappa shape index (κ1) is 14.3. The van der Waals surface area contributed by atoms with Gasteiger partial charge in [0.25, 0.3) is 0 Å². The lowest BCUT2D eigenvalue weighted by Gasteiger charge is -2.20. The number of nitrogens with zero attached hydrogens (tertiary/aromatic N) is 1. The van der Waals surface area contributed by atoms with E-state index >= 15 is 0 Å². The third-order valence-electron chi connectivity index (χ3n) is 3.69. The number of nitrogens with two attached hydrogens (primary N) is 1. The van der Waals surface area contributed by atoms with Gasteiger partial charge in [-0.05, 0) is 55.9 Å². The molecule has 1 aliphatic rings. The van der Waals surface area contributed by atoms with Crippen LogP contribution in [0.2, 0.25) is 0 Å². The Morgan fingerprint density at radius 3 is 2.63 bits per heavy atom. The van der Waals surface area contributed by atoms with Gasteiger partial charge in [-0.15, -0.1) is 0 Å². The van der Waals surface area contributed by atoms with E-state index in [0.29, 0.717) is 29.6 Å². The fraction of sp³-hybridized carbons (Fsp3) is 0.571. The van der Waals surface area contributed by atoms with Crippen molar-refractivity contribution in [3.05, 3.63) is 23.8 Å². The summed E-state index contributed by atoms with van der Waals surface area (Å²) in [4.78, 5) is 0.319. The van der Waals surface area contributed by atoms with E-state index in [1.165, 1.54) is 0 Å². The predicted octanol–water partition coefficient (Wildman–Crippen LogP) is 2.39. The highest BCUT2D eigenvalue weighted by Crippen LogP contribution is 2.24. The number of nitrogen functional groups attached to an aromatic ring is 1. The minimum absolute atomic E-state index is 0.319. The molecule has 0 amide bonds. The van der Waals surface area contributed by atoms with Crippen molar-refractivity contribution in [1.29, 1.82) is 0 Å². The van der Waals surface area contributed by atoms with Gasteiger partial charge in [-0.1, -0.05) is 6.92 Å². The number of anilines is 1. The number of benzene rings is 1. The molecule has 0 aromatic heterocycles. The van der Waals surface area contributed by atoms with Crippen LogP contribution < -0.4 is 5.73 Å². The summed E-state index contributed by atoms with van der Waals surface area (Å²) in [6.07, 6.45) is 2.96. The monoisotopic (exact) mass is 282 g/mol. The van der Waals surface area contributed by atoms with Gasteiger partial charge in [0.1, 0.15) is 0 Å². The summed E-state index contributed by atoms with van der Waals surface area (Å²) < 4.78 is 26.8.